The van der Waals surface area contributed by atoms with Crippen molar-refractivity contribution in [1.29, 1.82) is 0 Å². The van der Waals surface area contributed by atoms with Crippen LogP contribution in [0.5, 0.6) is 0 Å². The van der Waals surface area contributed by atoms with Gasteiger partial charge < -0.3 is 15.0 Å². The Morgan fingerprint density at radius 1 is 1.10 bits per heavy atom. The van der Waals surface area contributed by atoms with E-state index < -0.39 is 0 Å². The fraction of sp³-hybridized carbons (Fsp3) is 0.440. The Hall–Kier alpha value is -2.82. The van der Waals surface area contributed by atoms with Gasteiger partial charge in [-0.3, -0.25) is 4.79 Å². The van der Waals surface area contributed by atoms with Gasteiger partial charge in [-0.05, 0) is 47.8 Å². The zero-order valence-electron chi connectivity index (χ0n) is 17.3. The molecule has 2 amide bonds. The van der Waals surface area contributed by atoms with Crippen LogP contribution in [0.3, 0.4) is 0 Å². The maximum atomic E-state index is 13.0. The number of nitrogens with one attached hydrogen (secondary N) is 1. The Labute approximate surface area is 177 Å². The summed E-state index contributed by atoms with van der Waals surface area (Å²) in [4.78, 5) is 26.4. The number of hydrogen-bond donors (Lipinski definition) is 1. The number of nitrogens with zero attached hydrogens (tertiary/aromatic N) is 1. The highest BCUT2D eigenvalue weighted by Gasteiger charge is 2.53. The van der Waals surface area contributed by atoms with E-state index in [-0.39, 0.29) is 23.5 Å². The monoisotopic (exact) mass is 404 g/mol. The van der Waals surface area contributed by atoms with Gasteiger partial charge in [0.25, 0.3) is 0 Å². The highest BCUT2D eigenvalue weighted by molar-refractivity contribution is 5.81. The van der Waals surface area contributed by atoms with Crippen molar-refractivity contribution in [2.75, 3.05) is 19.7 Å². The van der Waals surface area contributed by atoms with Crippen LogP contribution in [-0.2, 0) is 9.53 Å². The topological polar surface area (TPSA) is 58.6 Å². The van der Waals surface area contributed by atoms with Crippen LogP contribution in [-0.4, -0.2) is 42.1 Å². The molecule has 0 aromatic heterocycles. The highest BCUT2D eigenvalue weighted by atomic mass is 16.6. The molecule has 2 atom stereocenters. The SMILES string of the molecule is C[C@H]1CN(C(=O)[C@H]2C[C@]3(COC(=O)N3)C2)CCC1c1cccc(-c2ccccc2)c1. The molecular formula is C25H28N2O3. The van der Waals surface area contributed by atoms with E-state index in [1.165, 1.54) is 16.7 Å². The second-order valence-electron chi connectivity index (χ2n) is 9.23. The summed E-state index contributed by atoms with van der Waals surface area (Å²) in [7, 11) is 0. The number of carbonyl (C=O) groups excluding carboxylic acids is 2. The summed E-state index contributed by atoms with van der Waals surface area (Å²) in [6, 6.07) is 19.3. The van der Waals surface area contributed by atoms with E-state index >= 15 is 0 Å². The normalized spacial score (nSPS) is 30.5. The van der Waals surface area contributed by atoms with Crippen LogP contribution in [0.25, 0.3) is 11.1 Å². The number of carbonyl (C=O) groups is 2. The van der Waals surface area contributed by atoms with Crippen molar-refractivity contribution in [3.8, 4) is 11.1 Å². The number of rotatable bonds is 3. The molecule has 2 aromatic rings. The summed E-state index contributed by atoms with van der Waals surface area (Å²) in [6.07, 6.45) is 2.03. The molecule has 2 aliphatic heterocycles. The summed E-state index contributed by atoms with van der Waals surface area (Å²) >= 11 is 0. The van der Waals surface area contributed by atoms with Crippen LogP contribution in [0.1, 0.15) is 37.7 Å². The Morgan fingerprint density at radius 3 is 2.57 bits per heavy atom. The number of piperidine rings is 1. The van der Waals surface area contributed by atoms with Crippen molar-refractivity contribution >= 4 is 12.0 Å². The lowest BCUT2D eigenvalue weighted by atomic mass is 9.68. The number of amides is 2. The molecule has 3 aliphatic rings. The molecule has 0 bridgehead atoms. The first-order valence-corrected chi connectivity index (χ1v) is 10.9. The van der Waals surface area contributed by atoms with Crippen molar-refractivity contribution in [2.24, 2.45) is 11.8 Å². The van der Waals surface area contributed by atoms with Crippen molar-refractivity contribution < 1.29 is 14.3 Å². The third-order valence-corrected chi connectivity index (χ3v) is 7.11. The van der Waals surface area contributed by atoms with Gasteiger partial charge in [-0.25, -0.2) is 4.79 Å². The van der Waals surface area contributed by atoms with Gasteiger partial charge in [0.15, 0.2) is 0 Å². The maximum Gasteiger partial charge on any atom is 0.407 e. The standard InChI is InChI=1S/C25H28N2O3/c1-17-15-27(23(28)21-13-25(14-21)16-30-24(29)26-25)11-10-22(17)20-9-5-8-19(12-20)18-6-3-2-4-7-18/h2-9,12,17,21-22H,10-11,13-16H2,1H3,(H,26,29)/t17-,21-,22?,25+/m0/s1. The molecule has 1 spiro atoms. The van der Waals surface area contributed by atoms with Gasteiger partial charge in [-0.15, -0.1) is 0 Å². The van der Waals surface area contributed by atoms with Crippen LogP contribution in [0.2, 0.25) is 0 Å². The van der Waals surface area contributed by atoms with Gasteiger partial charge in [0, 0.05) is 19.0 Å². The smallest absolute Gasteiger partial charge is 0.407 e. The van der Waals surface area contributed by atoms with Gasteiger partial charge in [-0.1, -0.05) is 61.5 Å². The zero-order chi connectivity index (χ0) is 20.7. The molecule has 1 N–H and O–H groups in total. The van der Waals surface area contributed by atoms with E-state index in [9.17, 15) is 9.59 Å². The van der Waals surface area contributed by atoms with Crippen LogP contribution in [0.4, 0.5) is 4.79 Å². The molecule has 2 aromatic carbocycles. The molecule has 1 aliphatic carbocycles. The molecular weight excluding hydrogens is 376 g/mol. The Balaban J connectivity index is 1.22. The predicted molar refractivity (Wildman–Crippen MR) is 115 cm³/mol. The Morgan fingerprint density at radius 2 is 1.87 bits per heavy atom. The zero-order valence-corrected chi connectivity index (χ0v) is 17.3. The summed E-state index contributed by atoms with van der Waals surface area (Å²) in [5, 5.41) is 2.88. The molecule has 30 heavy (non-hydrogen) atoms. The summed E-state index contributed by atoms with van der Waals surface area (Å²) in [5.41, 5.74) is 3.56. The Bertz CT molecular complexity index is 952. The third-order valence-electron chi connectivity index (χ3n) is 7.11. The van der Waals surface area contributed by atoms with Gasteiger partial charge in [-0.2, -0.15) is 0 Å². The molecule has 5 heteroatoms. The van der Waals surface area contributed by atoms with Crippen molar-refractivity contribution in [1.82, 2.24) is 10.2 Å². The van der Waals surface area contributed by atoms with Crippen LogP contribution in [0.15, 0.2) is 54.6 Å². The molecule has 2 saturated heterocycles. The fourth-order valence-corrected chi connectivity index (χ4v) is 5.45. The van der Waals surface area contributed by atoms with Gasteiger partial charge in [0.2, 0.25) is 5.91 Å². The molecule has 1 unspecified atom stereocenters. The van der Waals surface area contributed by atoms with Crippen molar-refractivity contribution in [2.45, 2.75) is 37.6 Å². The van der Waals surface area contributed by atoms with Gasteiger partial charge in [0.1, 0.15) is 6.61 Å². The molecule has 5 rings (SSSR count). The van der Waals surface area contributed by atoms with E-state index in [1.54, 1.807) is 0 Å². The quantitative estimate of drug-likeness (QED) is 0.834. The minimum absolute atomic E-state index is 0.0113. The molecule has 2 heterocycles. The van der Waals surface area contributed by atoms with Crippen LogP contribution in [0, 0.1) is 11.8 Å². The average molecular weight is 405 g/mol. The average Bonchev–Trinajstić information content (AvgIpc) is 3.15. The number of hydrogen-bond acceptors (Lipinski definition) is 3. The van der Waals surface area contributed by atoms with Crippen molar-refractivity contribution in [3.05, 3.63) is 60.2 Å². The Kier molecular flexibility index (Phi) is 4.76. The van der Waals surface area contributed by atoms with E-state index in [4.69, 9.17) is 4.74 Å². The van der Waals surface area contributed by atoms with Crippen molar-refractivity contribution in [3.63, 3.8) is 0 Å². The lowest BCUT2D eigenvalue weighted by Gasteiger charge is -2.46. The highest BCUT2D eigenvalue weighted by Crippen LogP contribution is 2.43. The predicted octanol–water partition coefficient (Wildman–Crippen LogP) is 4.19. The first-order valence-electron chi connectivity index (χ1n) is 10.9. The summed E-state index contributed by atoms with van der Waals surface area (Å²) in [6.45, 7) is 4.25. The van der Waals surface area contributed by atoms with Crippen LogP contribution < -0.4 is 5.32 Å². The number of alkyl carbamates (subject to hydrolysis) is 1. The van der Waals surface area contributed by atoms with Gasteiger partial charge in [0.05, 0.1) is 5.54 Å². The van der Waals surface area contributed by atoms with E-state index in [1.807, 2.05) is 11.0 Å². The van der Waals surface area contributed by atoms with E-state index in [2.05, 4.69) is 60.8 Å². The lowest BCUT2D eigenvalue weighted by Crippen LogP contribution is -2.59. The van der Waals surface area contributed by atoms with Gasteiger partial charge >= 0.3 is 6.09 Å². The van der Waals surface area contributed by atoms with Crippen LogP contribution >= 0.6 is 0 Å². The minimum atomic E-state index is -0.354. The maximum absolute atomic E-state index is 13.0. The third kappa shape index (κ3) is 3.47. The minimum Gasteiger partial charge on any atom is -0.447 e. The first-order chi connectivity index (χ1) is 14.5. The molecule has 5 nitrogen and oxygen atoms in total. The number of likely N-dealkylation sites (tertiary alicyclic amines) is 1. The second kappa shape index (κ2) is 7.46. The number of cyclic esters (lactones) is 1. The fourth-order valence-electron chi connectivity index (χ4n) is 5.45. The lowest BCUT2D eigenvalue weighted by molar-refractivity contribution is -0.143. The van der Waals surface area contributed by atoms with E-state index in [0.29, 0.717) is 31.3 Å². The van der Waals surface area contributed by atoms with E-state index in [0.717, 1.165) is 19.5 Å². The second-order valence-corrected chi connectivity index (χ2v) is 9.23. The molecule has 1 saturated carbocycles. The number of ether oxygens (including phenoxy) is 1. The summed E-state index contributed by atoms with van der Waals surface area (Å²) < 4.78 is 5.03. The number of benzene rings is 2. The molecule has 3 fully saturated rings. The largest absolute Gasteiger partial charge is 0.447 e. The summed E-state index contributed by atoms with van der Waals surface area (Å²) in [5.74, 6) is 1.13. The first kappa shape index (κ1) is 19.2. The molecule has 0 radical (unpaired) electrons. The molecule has 156 valence electrons.